The molecule has 94 valence electrons. The Balaban J connectivity index is 2.44. The third-order valence-corrected chi connectivity index (χ3v) is 3.06. The molecule has 17 heavy (non-hydrogen) atoms. The summed E-state index contributed by atoms with van der Waals surface area (Å²) >= 11 is 8.81. The Morgan fingerprint density at radius 1 is 1.35 bits per heavy atom. The number of alkyl halides is 1. The summed E-state index contributed by atoms with van der Waals surface area (Å²) in [6, 6.07) is 4.78. The smallest absolute Gasteiger partial charge is 0.255 e. The largest absolute Gasteiger partial charge is 0.507 e. The minimum Gasteiger partial charge on any atom is -0.507 e. The van der Waals surface area contributed by atoms with Crippen molar-refractivity contribution in [1.29, 1.82) is 0 Å². The highest BCUT2D eigenvalue weighted by Crippen LogP contribution is 2.21. The highest BCUT2D eigenvalue weighted by molar-refractivity contribution is 9.10. The molecule has 0 heterocycles. The van der Waals surface area contributed by atoms with Gasteiger partial charge in [0.2, 0.25) is 0 Å². The second kappa shape index (κ2) is 7.56. The van der Waals surface area contributed by atoms with Crippen molar-refractivity contribution in [3.05, 3.63) is 28.2 Å². The van der Waals surface area contributed by atoms with Gasteiger partial charge in [-0.3, -0.25) is 4.79 Å². The third-order valence-electron chi connectivity index (χ3n) is 2.30. The molecule has 5 heteroatoms. The van der Waals surface area contributed by atoms with Gasteiger partial charge in [-0.25, -0.2) is 0 Å². The number of aromatic hydroxyl groups is 1. The monoisotopic (exact) mass is 319 g/mol. The number of hydrogen-bond donors (Lipinski definition) is 2. The molecule has 0 aliphatic heterocycles. The molecule has 0 atom stereocenters. The van der Waals surface area contributed by atoms with Crippen molar-refractivity contribution in [3.8, 4) is 5.75 Å². The van der Waals surface area contributed by atoms with Crippen LogP contribution in [0.2, 0.25) is 0 Å². The van der Waals surface area contributed by atoms with Crippen LogP contribution < -0.4 is 5.32 Å². The van der Waals surface area contributed by atoms with Gasteiger partial charge in [0.15, 0.2) is 0 Å². The first-order valence-electron chi connectivity index (χ1n) is 5.48. The number of phenolic OH excluding ortho intramolecular Hbond substituents is 1. The summed E-state index contributed by atoms with van der Waals surface area (Å²) in [4.78, 5) is 11.7. The van der Waals surface area contributed by atoms with E-state index >= 15 is 0 Å². The lowest BCUT2D eigenvalue weighted by Crippen LogP contribution is -2.24. The molecule has 3 nitrogen and oxygen atoms in total. The predicted molar refractivity (Wildman–Crippen MR) is 72.7 cm³/mol. The zero-order chi connectivity index (χ0) is 12.7. The molecule has 1 amide bonds. The van der Waals surface area contributed by atoms with Crippen molar-refractivity contribution < 1.29 is 9.90 Å². The van der Waals surface area contributed by atoms with Crippen LogP contribution in [0.4, 0.5) is 0 Å². The summed E-state index contributed by atoms with van der Waals surface area (Å²) < 4.78 is 0.766. The SMILES string of the molecule is O=C(NCCCCCCl)c1cc(Br)ccc1O. The van der Waals surface area contributed by atoms with Crippen molar-refractivity contribution in [2.45, 2.75) is 19.3 Å². The molecule has 0 aliphatic carbocycles. The zero-order valence-corrected chi connectivity index (χ0v) is 11.7. The van der Waals surface area contributed by atoms with E-state index < -0.39 is 0 Å². The zero-order valence-electron chi connectivity index (χ0n) is 9.38. The average molecular weight is 321 g/mol. The Bertz CT molecular complexity index is 385. The normalized spacial score (nSPS) is 10.2. The Morgan fingerprint density at radius 3 is 2.82 bits per heavy atom. The average Bonchev–Trinajstić information content (AvgIpc) is 2.32. The van der Waals surface area contributed by atoms with Gasteiger partial charge in [0.1, 0.15) is 5.75 Å². The minimum atomic E-state index is -0.255. The van der Waals surface area contributed by atoms with Crippen molar-refractivity contribution >= 4 is 33.4 Å². The van der Waals surface area contributed by atoms with Crippen LogP contribution >= 0.6 is 27.5 Å². The van der Waals surface area contributed by atoms with Crippen LogP contribution in [0.3, 0.4) is 0 Å². The van der Waals surface area contributed by atoms with E-state index in [4.69, 9.17) is 11.6 Å². The Hall–Kier alpha value is -0.740. The lowest BCUT2D eigenvalue weighted by atomic mass is 10.2. The fourth-order valence-corrected chi connectivity index (χ4v) is 1.93. The van der Waals surface area contributed by atoms with E-state index in [9.17, 15) is 9.90 Å². The molecule has 0 saturated heterocycles. The van der Waals surface area contributed by atoms with Crippen LogP contribution in [-0.2, 0) is 0 Å². The second-order valence-corrected chi connectivity index (χ2v) is 4.96. The van der Waals surface area contributed by atoms with E-state index in [1.807, 2.05) is 0 Å². The second-order valence-electron chi connectivity index (χ2n) is 3.67. The molecule has 1 aromatic carbocycles. The first-order chi connectivity index (χ1) is 8.15. The fraction of sp³-hybridized carbons (Fsp3) is 0.417. The summed E-state index contributed by atoms with van der Waals surface area (Å²) in [6.07, 6.45) is 2.85. The van der Waals surface area contributed by atoms with Crippen molar-refractivity contribution in [3.63, 3.8) is 0 Å². The molecule has 0 spiro atoms. The summed E-state index contributed by atoms with van der Waals surface area (Å²) in [5, 5.41) is 12.3. The number of unbranched alkanes of at least 4 members (excludes halogenated alkanes) is 2. The van der Waals surface area contributed by atoms with Crippen molar-refractivity contribution in [2.24, 2.45) is 0 Å². The number of rotatable bonds is 6. The highest BCUT2D eigenvalue weighted by atomic mass is 79.9. The molecule has 0 unspecified atom stereocenters. The van der Waals surface area contributed by atoms with Crippen LogP contribution in [0.5, 0.6) is 5.75 Å². The van der Waals surface area contributed by atoms with Gasteiger partial charge in [-0.1, -0.05) is 22.4 Å². The van der Waals surface area contributed by atoms with Gasteiger partial charge in [0, 0.05) is 16.9 Å². The molecule has 1 rings (SSSR count). The number of halogens is 2. The van der Waals surface area contributed by atoms with Crippen LogP contribution in [0.25, 0.3) is 0 Å². The van der Waals surface area contributed by atoms with E-state index in [1.165, 1.54) is 6.07 Å². The van der Waals surface area contributed by atoms with Crippen LogP contribution in [0.1, 0.15) is 29.6 Å². The first kappa shape index (κ1) is 14.3. The van der Waals surface area contributed by atoms with Gasteiger partial charge in [-0.05, 0) is 31.0 Å². The van der Waals surface area contributed by atoms with Gasteiger partial charge in [-0.15, -0.1) is 11.6 Å². The summed E-state index contributed by atoms with van der Waals surface area (Å²) in [6.45, 7) is 0.599. The van der Waals surface area contributed by atoms with Crippen LogP contribution in [0.15, 0.2) is 22.7 Å². The number of carbonyl (C=O) groups excluding carboxylic acids is 1. The molecule has 0 aliphatic rings. The standard InChI is InChI=1S/C12H15BrClNO2/c13-9-4-5-11(16)10(8-9)12(17)15-7-3-1-2-6-14/h4-5,8,16H,1-3,6-7H2,(H,15,17). The van der Waals surface area contributed by atoms with E-state index in [1.54, 1.807) is 12.1 Å². The molecule has 0 fully saturated rings. The van der Waals surface area contributed by atoms with Gasteiger partial charge in [0.05, 0.1) is 5.56 Å². The number of hydrogen-bond acceptors (Lipinski definition) is 2. The molecular formula is C12H15BrClNO2. The van der Waals surface area contributed by atoms with Crippen molar-refractivity contribution in [2.75, 3.05) is 12.4 Å². The van der Waals surface area contributed by atoms with Gasteiger partial charge in [-0.2, -0.15) is 0 Å². The molecule has 0 saturated carbocycles. The van der Waals surface area contributed by atoms with Gasteiger partial charge < -0.3 is 10.4 Å². The van der Waals surface area contributed by atoms with E-state index in [-0.39, 0.29) is 17.2 Å². The molecule has 2 N–H and O–H groups in total. The summed E-state index contributed by atoms with van der Waals surface area (Å²) in [5.41, 5.74) is 0.289. The molecule has 1 aromatic rings. The molecule has 0 aromatic heterocycles. The maximum Gasteiger partial charge on any atom is 0.255 e. The number of nitrogens with one attached hydrogen (secondary N) is 1. The van der Waals surface area contributed by atoms with Gasteiger partial charge >= 0.3 is 0 Å². The Morgan fingerprint density at radius 2 is 2.12 bits per heavy atom. The topological polar surface area (TPSA) is 49.3 Å². The molecular weight excluding hydrogens is 305 g/mol. The number of amides is 1. The maximum atomic E-state index is 11.7. The Labute approximate surface area is 114 Å². The third kappa shape index (κ3) is 4.96. The highest BCUT2D eigenvalue weighted by Gasteiger charge is 2.10. The Kier molecular flexibility index (Phi) is 6.37. The van der Waals surface area contributed by atoms with Crippen LogP contribution in [0, 0.1) is 0 Å². The number of phenols is 1. The van der Waals surface area contributed by atoms with E-state index in [0.29, 0.717) is 12.4 Å². The molecule has 0 radical (unpaired) electrons. The minimum absolute atomic E-state index is 0.00791. The predicted octanol–water partition coefficient (Wildman–Crippen LogP) is 3.29. The number of benzene rings is 1. The van der Waals surface area contributed by atoms with Gasteiger partial charge in [0.25, 0.3) is 5.91 Å². The van der Waals surface area contributed by atoms with E-state index in [0.717, 1.165) is 23.7 Å². The first-order valence-corrected chi connectivity index (χ1v) is 6.80. The van der Waals surface area contributed by atoms with E-state index in [2.05, 4.69) is 21.2 Å². The quantitative estimate of drug-likeness (QED) is 0.624. The lowest BCUT2D eigenvalue weighted by Gasteiger charge is -2.07. The van der Waals surface area contributed by atoms with Crippen LogP contribution in [-0.4, -0.2) is 23.4 Å². The maximum absolute atomic E-state index is 11.7. The number of carbonyl (C=O) groups is 1. The lowest BCUT2D eigenvalue weighted by molar-refractivity contribution is 0.0950. The summed E-state index contributed by atoms with van der Waals surface area (Å²) in [5.74, 6) is 0.390. The fourth-order valence-electron chi connectivity index (χ4n) is 1.38. The molecule has 0 bridgehead atoms. The van der Waals surface area contributed by atoms with Crippen molar-refractivity contribution in [1.82, 2.24) is 5.32 Å². The summed E-state index contributed by atoms with van der Waals surface area (Å²) in [7, 11) is 0.